The summed E-state index contributed by atoms with van der Waals surface area (Å²) in [5.74, 6) is -2.20. The maximum atomic E-state index is 14.0. The third kappa shape index (κ3) is 4.19. The second-order valence-electron chi connectivity index (χ2n) is 9.29. The number of hydrogen-bond donors (Lipinski definition) is 2. The molecule has 14 heteroatoms. The fourth-order valence-electron chi connectivity index (χ4n) is 4.68. The van der Waals surface area contributed by atoms with Crippen molar-refractivity contribution in [3.63, 3.8) is 0 Å². The molecule has 0 saturated carbocycles. The Kier molecular flexibility index (Phi) is 6.16. The van der Waals surface area contributed by atoms with Crippen LogP contribution in [0.5, 0.6) is 0 Å². The minimum absolute atomic E-state index is 0.0158. The van der Waals surface area contributed by atoms with Crippen LogP contribution in [0.15, 0.2) is 11.6 Å². The molecule has 36 heavy (non-hydrogen) atoms. The van der Waals surface area contributed by atoms with Crippen LogP contribution in [-0.2, 0) is 26.3 Å². The summed E-state index contributed by atoms with van der Waals surface area (Å²) in [5, 5.41) is 8.50. The van der Waals surface area contributed by atoms with Crippen molar-refractivity contribution < 1.29 is 28.2 Å². The molecule has 3 N–H and O–H groups in total. The predicted octanol–water partition coefficient (Wildman–Crippen LogP) is 3.60. The number of fused-ring (bicyclic) bond motifs is 3. The van der Waals surface area contributed by atoms with Gasteiger partial charge in [-0.25, -0.2) is 28.8 Å². The number of aromatic nitrogens is 5. The van der Waals surface area contributed by atoms with Crippen molar-refractivity contribution in [2.45, 2.75) is 57.3 Å². The molecule has 3 aromatic heterocycles. The number of thiazole rings is 1. The number of hydrogen-bond acceptors (Lipinski definition) is 10. The Balaban J connectivity index is 1.57. The number of carbonyl (C=O) groups excluding carboxylic acids is 2. The van der Waals surface area contributed by atoms with E-state index in [1.165, 1.54) is 5.38 Å². The standard InChI is InChI=1S/C22H23F2N7O4S/c1-22(2)7-10-8-26-20(25)28-15(10)17-13(22)16(30-31(17)12-5-3-4-6-34-12)18(32)29-21-27-11(9-36-21)14(23)19(33)35-24/h8-9,12,14H,3-7H2,1-2H3,(H2,25,26,28)(H,27,29,32). The zero-order valence-corrected chi connectivity index (χ0v) is 20.3. The molecule has 0 bridgehead atoms. The van der Waals surface area contributed by atoms with Crippen molar-refractivity contribution in [2.75, 3.05) is 17.7 Å². The molecule has 0 spiro atoms. The van der Waals surface area contributed by atoms with E-state index in [0.29, 0.717) is 36.4 Å². The van der Waals surface area contributed by atoms with E-state index in [0.717, 1.165) is 29.7 Å². The second kappa shape index (κ2) is 9.17. The minimum atomic E-state index is -2.41. The monoisotopic (exact) mass is 519 g/mol. The molecule has 1 amide bonds. The van der Waals surface area contributed by atoms with E-state index in [1.807, 2.05) is 13.8 Å². The van der Waals surface area contributed by atoms with Crippen LogP contribution in [-0.4, -0.2) is 43.2 Å². The first-order chi connectivity index (χ1) is 17.2. The molecule has 0 aromatic carbocycles. The number of halogens is 2. The van der Waals surface area contributed by atoms with Gasteiger partial charge in [0.2, 0.25) is 12.1 Å². The summed E-state index contributed by atoms with van der Waals surface area (Å²) in [6.45, 7) is 4.55. The van der Waals surface area contributed by atoms with Crippen molar-refractivity contribution >= 4 is 34.3 Å². The molecular formula is C22H23F2N7O4S. The van der Waals surface area contributed by atoms with Gasteiger partial charge in [-0.1, -0.05) is 13.8 Å². The Morgan fingerprint density at radius 1 is 1.36 bits per heavy atom. The van der Waals surface area contributed by atoms with E-state index < -0.39 is 29.7 Å². The Morgan fingerprint density at radius 2 is 2.17 bits per heavy atom. The van der Waals surface area contributed by atoms with E-state index in [4.69, 9.17) is 10.5 Å². The van der Waals surface area contributed by atoms with E-state index in [2.05, 4.69) is 30.3 Å². The zero-order chi connectivity index (χ0) is 25.6. The van der Waals surface area contributed by atoms with E-state index in [9.17, 15) is 18.5 Å². The molecular weight excluding hydrogens is 496 g/mol. The van der Waals surface area contributed by atoms with Gasteiger partial charge in [-0.15, -0.1) is 11.3 Å². The van der Waals surface area contributed by atoms with Gasteiger partial charge in [0.25, 0.3) is 5.91 Å². The first-order valence-electron chi connectivity index (χ1n) is 11.3. The normalized spacial score (nSPS) is 19.2. The van der Waals surface area contributed by atoms with Gasteiger partial charge in [-0.3, -0.25) is 15.1 Å². The van der Waals surface area contributed by atoms with Crippen LogP contribution < -0.4 is 11.1 Å². The molecule has 1 fully saturated rings. The Morgan fingerprint density at radius 3 is 2.89 bits per heavy atom. The SMILES string of the molecule is CC1(C)Cc2cnc(N)nc2-c2c1c(C(=O)Nc1nc(C(F)C(=O)OF)cs1)nn2C1CCCCO1. The largest absolute Gasteiger partial charge is 0.388 e. The van der Waals surface area contributed by atoms with Gasteiger partial charge in [0, 0.05) is 28.3 Å². The zero-order valence-electron chi connectivity index (χ0n) is 19.5. The molecule has 11 nitrogen and oxygen atoms in total. The third-order valence-corrected chi connectivity index (χ3v) is 7.03. The lowest BCUT2D eigenvalue weighted by atomic mass is 9.73. The fraction of sp³-hybridized carbons (Fsp3) is 0.455. The fourth-order valence-corrected chi connectivity index (χ4v) is 5.40. The summed E-state index contributed by atoms with van der Waals surface area (Å²) < 4.78 is 33.7. The average molecular weight is 520 g/mol. The third-order valence-electron chi connectivity index (χ3n) is 6.26. The van der Waals surface area contributed by atoms with Crippen LogP contribution in [0.25, 0.3) is 11.4 Å². The van der Waals surface area contributed by atoms with Crippen molar-refractivity contribution in [2.24, 2.45) is 0 Å². The number of nitrogen functional groups attached to an aromatic ring is 1. The van der Waals surface area contributed by atoms with Gasteiger partial charge < -0.3 is 10.5 Å². The van der Waals surface area contributed by atoms with Crippen LogP contribution in [0.1, 0.15) is 72.8 Å². The summed E-state index contributed by atoms with van der Waals surface area (Å²) in [6, 6.07) is 0. The highest BCUT2D eigenvalue weighted by atomic mass is 32.1. The molecule has 1 aliphatic heterocycles. The van der Waals surface area contributed by atoms with Crippen molar-refractivity contribution in [1.29, 1.82) is 0 Å². The smallest absolute Gasteiger partial charge is 0.368 e. The summed E-state index contributed by atoms with van der Waals surface area (Å²) in [6.07, 6.45) is 2.02. The lowest BCUT2D eigenvalue weighted by molar-refractivity contribution is -0.190. The topological polar surface area (TPSA) is 147 Å². The lowest BCUT2D eigenvalue weighted by Crippen LogP contribution is -2.30. The first kappa shape index (κ1) is 24.2. The number of ether oxygens (including phenoxy) is 1. The second-order valence-corrected chi connectivity index (χ2v) is 10.1. The van der Waals surface area contributed by atoms with Crippen molar-refractivity contribution in [3.05, 3.63) is 34.1 Å². The summed E-state index contributed by atoms with van der Waals surface area (Å²) >= 11 is 0.882. The summed E-state index contributed by atoms with van der Waals surface area (Å²) in [7, 11) is 0. The van der Waals surface area contributed by atoms with Crippen LogP contribution >= 0.6 is 11.3 Å². The van der Waals surface area contributed by atoms with Gasteiger partial charge in [0.1, 0.15) is 0 Å². The Labute approximate surface area is 207 Å². The summed E-state index contributed by atoms with van der Waals surface area (Å²) in [5.41, 5.74) is 7.93. The molecule has 0 radical (unpaired) electrons. The van der Waals surface area contributed by atoms with Crippen LogP contribution in [0.3, 0.4) is 0 Å². The van der Waals surface area contributed by atoms with Gasteiger partial charge >= 0.3 is 5.97 Å². The predicted molar refractivity (Wildman–Crippen MR) is 124 cm³/mol. The highest BCUT2D eigenvalue weighted by Crippen LogP contribution is 2.46. The van der Waals surface area contributed by atoms with Gasteiger partial charge in [0.15, 0.2) is 17.1 Å². The van der Waals surface area contributed by atoms with Crippen LogP contribution in [0.2, 0.25) is 0 Å². The van der Waals surface area contributed by atoms with Crippen molar-refractivity contribution in [3.8, 4) is 11.4 Å². The highest BCUT2D eigenvalue weighted by molar-refractivity contribution is 7.14. The van der Waals surface area contributed by atoms with Gasteiger partial charge in [0.05, 0.1) is 17.1 Å². The van der Waals surface area contributed by atoms with Gasteiger partial charge in [-0.05, 0) is 36.7 Å². The van der Waals surface area contributed by atoms with E-state index >= 15 is 0 Å². The first-order valence-corrected chi connectivity index (χ1v) is 12.2. The molecule has 1 saturated heterocycles. The Bertz CT molecular complexity index is 1340. The van der Waals surface area contributed by atoms with E-state index in [1.54, 1.807) is 10.9 Å². The minimum Gasteiger partial charge on any atom is -0.368 e. The Hall–Kier alpha value is -3.52. The number of anilines is 2. The molecule has 2 unspecified atom stereocenters. The maximum Gasteiger partial charge on any atom is 0.388 e. The summed E-state index contributed by atoms with van der Waals surface area (Å²) in [4.78, 5) is 40.0. The van der Waals surface area contributed by atoms with Crippen LogP contribution in [0.4, 0.5) is 20.0 Å². The van der Waals surface area contributed by atoms with Crippen LogP contribution in [0, 0.1) is 0 Å². The number of alkyl halides is 1. The molecule has 2 aliphatic rings. The number of carbonyl (C=O) groups is 2. The van der Waals surface area contributed by atoms with E-state index in [-0.39, 0.29) is 22.5 Å². The molecule has 3 aromatic rings. The molecule has 4 heterocycles. The number of amides is 1. The maximum absolute atomic E-state index is 14.0. The van der Waals surface area contributed by atoms with Gasteiger partial charge in [-0.2, -0.15) is 5.10 Å². The quantitative estimate of drug-likeness (QED) is 0.516. The number of nitrogens with one attached hydrogen (secondary N) is 1. The highest BCUT2D eigenvalue weighted by Gasteiger charge is 2.42. The molecule has 1 aliphatic carbocycles. The number of rotatable bonds is 5. The molecule has 2 atom stereocenters. The molecule has 190 valence electrons. The number of nitrogens with two attached hydrogens (primary N) is 1. The lowest BCUT2D eigenvalue weighted by Gasteiger charge is -2.33. The number of nitrogens with zero attached hydrogens (tertiary/aromatic N) is 5. The molecule has 5 rings (SSSR count). The average Bonchev–Trinajstić information content (AvgIpc) is 3.50. The van der Waals surface area contributed by atoms with Crippen molar-refractivity contribution in [1.82, 2.24) is 24.7 Å².